The fourth-order valence-corrected chi connectivity index (χ4v) is 4.47. The van der Waals surface area contributed by atoms with Crippen LogP contribution in [0.1, 0.15) is 37.2 Å². The molecule has 7 heteroatoms. The van der Waals surface area contributed by atoms with Crippen molar-refractivity contribution in [3.05, 3.63) is 63.3 Å². The zero-order valence-corrected chi connectivity index (χ0v) is 18.1. The number of carbonyl (C=O) groups is 1. The topological polar surface area (TPSA) is 86.0 Å². The lowest BCUT2D eigenvalue weighted by Gasteiger charge is -2.32. The highest BCUT2D eigenvalue weighted by Gasteiger charge is 2.35. The standard InChI is InChI=1S/C25H23ClO6/c26-23-17(14-5-6-14)7-8-18-20(27)13-22(32-24(18)23)19-3-1-2-4-21(19)31-10-9-30-16-11-15(12-16)25(28)29/h1-4,7-8,13-16H,5-6,9-12H2,(H,28,29). The molecule has 0 amide bonds. The molecule has 0 unspecified atom stereocenters. The largest absolute Gasteiger partial charge is 0.490 e. The van der Waals surface area contributed by atoms with Gasteiger partial charge in [0.05, 0.1) is 34.6 Å². The van der Waals surface area contributed by atoms with Crippen LogP contribution in [0.3, 0.4) is 0 Å². The van der Waals surface area contributed by atoms with E-state index in [-0.39, 0.29) is 17.5 Å². The number of carboxylic acids is 1. The molecule has 166 valence electrons. The van der Waals surface area contributed by atoms with Crippen molar-refractivity contribution in [1.29, 1.82) is 0 Å². The average Bonchev–Trinajstić information content (AvgIpc) is 3.58. The molecule has 2 aliphatic rings. The molecule has 2 aromatic carbocycles. The predicted octanol–water partition coefficient (Wildman–Crippen LogP) is 5.25. The molecule has 0 radical (unpaired) electrons. The number of fused-ring (bicyclic) bond motifs is 1. The Labute approximate surface area is 189 Å². The Hall–Kier alpha value is -2.83. The van der Waals surface area contributed by atoms with Crippen LogP contribution in [-0.4, -0.2) is 30.4 Å². The second kappa shape index (κ2) is 8.60. The smallest absolute Gasteiger partial charge is 0.306 e. The van der Waals surface area contributed by atoms with Crippen LogP contribution < -0.4 is 10.2 Å². The summed E-state index contributed by atoms with van der Waals surface area (Å²) >= 11 is 6.61. The van der Waals surface area contributed by atoms with Gasteiger partial charge >= 0.3 is 5.97 Å². The molecule has 0 spiro atoms. The van der Waals surface area contributed by atoms with E-state index in [1.165, 1.54) is 6.07 Å². The van der Waals surface area contributed by atoms with Crippen LogP contribution in [0.4, 0.5) is 0 Å². The van der Waals surface area contributed by atoms with E-state index in [4.69, 9.17) is 30.6 Å². The van der Waals surface area contributed by atoms with Crippen LogP contribution in [0.5, 0.6) is 5.75 Å². The van der Waals surface area contributed by atoms with Crippen molar-refractivity contribution in [2.75, 3.05) is 13.2 Å². The molecule has 3 aromatic rings. The van der Waals surface area contributed by atoms with Gasteiger partial charge in [-0.25, -0.2) is 0 Å². The first-order valence-corrected chi connectivity index (χ1v) is 11.2. The molecule has 5 rings (SSSR count). The molecular weight excluding hydrogens is 432 g/mol. The summed E-state index contributed by atoms with van der Waals surface area (Å²) in [5.41, 5.74) is 1.95. The van der Waals surface area contributed by atoms with Crippen LogP contribution in [0.15, 0.2) is 51.7 Å². The lowest BCUT2D eigenvalue weighted by atomic mass is 9.82. The normalized spacial score (nSPS) is 20.2. The number of benzene rings is 2. The molecule has 1 heterocycles. The summed E-state index contributed by atoms with van der Waals surface area (Å²) in [5, 5.41) is 9.92. The Morgan fingerprint density at radius 1 is 1.12 bits per heavy atom. The van der Waals surface area contributed by atoms with Gasteiger partial charge < -0.3 is 19.0 Å². The molecule has 2 fully saturated rings. The molecule has 1 aromatic heterocycles. The van der Waals surface area contributed by atoms with Crippen LogP contribution in [0.25, 0.3) is 22.3 Å². The van der Waals surface area contributed by atoms with Gasteiger partial charge in [0.1, 0.15) is 18.1 Å². The summed E-state index contributed by atoms with van der Waals surface area (Å²) < 4.78 is 17.7. The van der Waals surface area contributed by atoms with Gasteiger partial charge in [-0.15, -0.1) is 0 Å². The molecule has 0 atom stereocenters. The fourth-order valence-electron chi connectivity index (χ4n) is 4.11. The van der Waals surface area contributed by atoms with Crippen molar-refractivity contribution in [1.82, 2.24) is 0 Å². The number of aliphatic carboxylic acids is 1. The maximum atomic E-state index is 12.8. The van der Waals surface area contributed by atoms with E-state index in [9.17, 15) is 9.59 Å². The van der Waals surface area contributed by atoms with E-state index in [2.05, 4.69) is 0 Å². The van der Waals surface area contributed by atoms with Gasteiger partial charge in [-0.3, -0.25) is 9.59 Å². The summed E-state index contributed by atoms with van der Waals surface area (Å²) in [6.07, 6.45) is 3.25. The van der Waals surface area contributed by atoms with Gasteiger partial charge in [0.2, 0.25) is 0 Å². The van der Waals surface area contributed by atoms with E-state index in [0.717, 1.165) is 18.4 Å². The van der Waals surface area contributed by atoms with Gasteiger partial charge in [-0.05, 0) is 55.4 Å². The van der Waals surface area contributed by atoms with E-state index in [1.54, 1.807) is 6.07 Å². The van der Waals surface area contributed by atoms with Crippen molar-refractivity contribution >= 4 is 28.5 Å². The van der Waals surface area contributed by atoms with Crippen molar-refractivity contribution in [3.8, 4) is 17.1 Å². The predicted molar refractivity (Wildman–Crippen MR) is 120 cm³/mol. The monoisotopic (exact) mass is 454 g/mol. The zero-order valence-electron chi connectivity index (χ0n) is 17.4. The number of hydrogen-bond acceptors (Lipinski definition) is 5. The van der Waals surface area contributed by atoms with Crippen molar-refractivity contribution in [3.63, 3.8) is 0 Å². The minimum absolute atomic E-state index is 0.0312. The van der Waals surface area contributed by atoms with Crippen molar-refractivity contribution in [2.24, 2.45) is 5.92 Å². The van der Waals surface area contributed by atoms with Crippen molar-refractivity contribution in [2.45, 2.75) is 37.7 Å². The first-order chi connectivity index (χ1) is 15.5. The zero-order chi connectivity index (χ0) is 22.2. The molecular formula is C25H23ClO6. The van der Waals surface area contributed by atoms with E-state index >= 15 is 0 Å². The number of para-hydroxylation sites is 1. The minimum atomic E-state index is -0.767. The fraction of sp³-hybridized carbons (Fsp3) is 0.360. The lowest BCUT2D eigenvalue weighted by Crippen LogP contribution is -2.37. The molecule has 0 bridgehead atoms. The second-order valence-electron chi connectivity index (χ2n) is 8.44. The number of hydrogen-bond donors (Lipinski definition) is 1. The third kappa shape index (κ3) is 4.12. The van der Waals surface area contributed by atoms with Crippen LogP contribution in [0.2, 0.25) is 5.02 Å². The van der Waals surface area contributed by atoms with E-state index < -0.39 is 5.97 Å². The summed E-state index contributed by atoms with van der Waals surface area (Å²) in [5.74, 6) is 0.348. The number of ether oxygens (including phenoxy) is 2. The van der Waals surface area contributed by atoms with Gasteiger partial charge in [-0.2, -0.15) is 0 Å². The first kappa shape index (κ1) is 21.0. The Balaban J connectivity index is 1.33. The summed E-state index contributed by atoms with van der Waals surface area (Å²) in [4.78, 5) is 23.6. The maximum Gasteiger partial charge on any atom is 0.306 e. The molecule has 32 heavy (non-hydrogen) atoms. The van der Waals surface area contributed by atoms with Crippen molar-refractivity contribution < 1.29 is 23.8 Å². The van der Waals surface area contributed by atoms with Gasteiger partial charge in [0.15, 0.2) is 11.0 Å². The Bertz CT molecular complexity index is 1220. The highest BCUT2D eigenvalue weighted by atomic mass is 35.5. The average molecular weight is 455 g/mol. The van der Waals surface area contributed by atoms with Gasteiger partial charge in [0.25, 0.3) is 0 Å². The van der Waals surface area contributed by atoms with E-state index in [1.807, 2.05) is 30.3 Å². The summed E-state index contributed by atoms with van der Waals surface area (Å²) in [7, 11) is 0. The second-order valence-corrected chi connectivity index (χ2v) is 8.82. The number of halogens is 1. The van der Waals surface area contributed by atoms with Gasteiger partial charge in [-0.1, -0.05) is 29.8 Å². The lowest BCUT2D eigenvalue weighted by molar-refractivity contribution is -0.151. The minimum Gasteiger partial charge on any atom is -0.490 e. The van der Waals surface area contributed by atoms with E-state index in [0.29, 0.717) is 65.0 Å². The Kier molecular flexibility index (Phi) is 5.66. The SMILES string of the molecule is O=C(O)C1CC(OCCOc2ccccc2-c2cc(=O)c3ccc(C4CC4)c(Cl)c3o2)C1. The highest BCUT2D eigenvalue weighted by Crippen LogP contribution is 2.45. The maximum absolute atomic E-state index is 12.8. The first-order valence-electron chi connectivity index (χ1n) is 10.8. The Morgan fingerprint density at radius 2 is 1.91 bits per heavy atom. The molecule has 2 saturated carbocycles. The summed E-state index contributed by atoms with van der Waals surface area (Å²) in [6, 6.07) is 12.5. The molecule has 0 aliphatic heterocycles. The Morgan fingerprint density at radius 3 is 2.66 bits per heavy atom. The number of carboxylic acid groups (broad SMARTS) is 1. The molecule has 2 aliphatic carbocycles. The summed E-state index contributed by atoms with van der Waals surface area (Å²) in [6.45, 7) is 0.652. The highest BCUT2D eigenvalue weighted by molar-refractivity contribution is 6.35. The van der Waals surface area contributed by atoms with Crippen LogP contribution >= 0.6 is 11.6 Å². The number of rotatable bonds is 8. The van der Waals surface area contributed by atoms with Gasteiger partial charge in [0, 0.05) is 6.07 Å². The molecule has 1 N–H and O–H groups in total. The third-order valence-electron chi connectivity index (χ3n) is 6.17. The molecule has 0 saturated heterocycles. The van der Waals surface area contributed by atoms with Crippen LogP contribution in [0, 0.1) is 5.92 Å². The van der Waals surface area contributed by atoms with Crippen LogP contribution in [-0.2, 0) is 9.53 Å². The quantitative estimate of drug-likeness (QED) is 0.468. The molecule has 6 nitrogen and oxygen atoms in total. The third-order valence-corrected chi connectivity index (χ3v) is 6.56.